The van der Waals surface area contributed by atoms with E-state index >= 15 is 0 Å². The molecule has 2 aromatic rings. The van der Waals surface area contributed by atoms with Gasteiger partial charge in [0, 0.05) is 12.5 Å². The minimum Gasteiger partial charge on any atom is -0.449 e. The molecular weight excluding hydrogens is 321 g/mol. The number of nitrogens with one attached hydrogen (secondary N) is 1. The van der Waals surface area contributed by atoms with Gasteiger partial charge in [0.25, 0.3) is 5.91 Å². The van der Waals surface area contributed by atoms with Gasteiger partial charge < -0.3 is 10.1 Å². The van der Waals surface area contributed by atoms with Gasteiger partial charge in [-0.05, 0) is 31.0 Å². The fraction of sp³-hybridized carbons (Fsp3) is 0.300. The van der Waals surface area contributed by atoms with Crippen LogP contribution < -0.4 is 5.32 Å². The summed E-state index contributed by atoms with van der Waals surface area (Å²) in [6, 6.07) is 15.4. The summed E-state index contributed by atoms with van der Waals surface area (Å²) in [6.07, 6.45) is -0.131. The van der Waals surface area contributed by atoms with Crippen molar-refractivity contribution in [2.75, 3.05) is 6.54 Å². The van der Waals surface area contributed by atoms with Crippen LogP contribution in [0.3, 0.4) is 0 Å². The Morgan fingerprint density at radius 3 is 2.36 bits per heavy atom. The van der Waals surface area contributed by atoms with Crippen LogP contribution in [-0.4, -0.2) is 24.5 Å². The summed E-state index contributed by atoms with van der Waals surface area (Å²) in [5.74, 6) is -1.75. The average Bonchev–Trinajstić information content (AvgIpc) is 2.63. The van der Waals surface area contributed by atoms with Gasteiger partial charge in [-0.2, -0.15) is 0 Å². The van der Waals surface area contributed by atoms with Crippen molar-refractivity contribution in [2.45, 2.75) is 32.3 Å². The predicted molar refractivity (Wildman–Crippen MR) is 93.8 cm³/mol. The molecule has 0 saturated carbocycles. The van der Waals surface area contributed by atoms with Gasteiger partial charge in [-0.25, -0.2) is 9.18 Å². The number of benzene rings is 2. The van der Waals surface area contributed by atoms with Gasteiger partial charge in [0.05, 0.1) is 5.56 Å². The molecule has 0 saturated heterocycles. The van der Waals surface area contributed by atoms with Crippen LogP contribution in [0.25, 0.3) is 0 Å². The lowest BCUT2D eigenvalue weighted by Gasteiger charge is -2.18. The maximum absolute atomic E-state index is 13.6. The summed E-state index contributed by atoms with van der Waals surface area (Å²) < 4.78 is 18.6. The molecule has 2 rings (SSSR count). The summed E-state index contributed by atoms with van der Waals surface area (Å²) >= 11 is 0. The van der Waals surface area contributed by atoms with Gasteiger partial charge >= 0.3 is 5.97 Å². The lowest BCUT2D eigenvalue weighted by molar-refractivity contribution is -0.129. The van der Waals surface area contributed by atoms with Gasteiger partial charge in [-0.1, -0.05) is 49.4 Å². The van der Waals surface area contributed by atoms with Crippen LogP contribution in [-0.2, 0) is 9.53 Å². The van der Waals surface area contributed by atoms with Crippen LogP contribution in [0, 0.1) is 5.82 Å². The van der Waals surface area contributed by atoms with Crippen molar-refractivity contribution in [1.29, 1.82) is 0 Å². The van der Waals surface area contributed by atoms with Gasteiger partial charge in [-0.15, -0.1) is 0 Å². The number of rotatable bonds is 7. The Morgan fingerprint density at radius 2 is 1.72 bits per heavy atom. The molecule has 25 heavy (non-hydrogen) atoms. The van der Waals surface area contributed by atoms with Crippen molar-refractivity contribution in [3.8, 4) is 0 Å². The first-order chi connectivity index (χ1) is 12.0. The van der Waals surface area contributed by atoms with Gasteiger partial charge in [0.15, 0.2) is 6.10 Å². The molecule has 0 aliphatic rings. The van der Waals surface area contributed by atoms with Gasteiger partial charge in [0.1, 0.15) is 5.82 Å². The Labute approximate surface area is 147 Å². The first-order valence-corrected chi connectivity index (χ1v) is 8.31. The quantitative estimate of drug-likeness (QED) is 0.780. The monoisotopic (exact) mass is 343 g/mol. The Morgan fingerprint density at radius 1 is 1.08 bits per heavy atom. The number of amides is 1. The van der Waals surface area contributed by atoms with E-state index in [1.165, 1.54) is 31.2 Å². The highest BCUT2D eigenvalue weighted by atomic mass is 19.1. The predicted octanol–water partition coefficient (Wildman–Crippen LogP) is 3.68. The number of carbonyl (C=O) groups excluding carboxylic acids is 2. The third-order valence-corrected chi connectivity index (χ3v) is 4.03. The van der Waals surface area contributed by atoms with Gasteiger partial charge in [0.2, 0.25) is 0 Å². The number of hydrogen-bond acceptors (Lipinski definition) is 3. The van der Waals surface area contributed by atoms with Crippen molar-refractivity contribution < 1.29 is 18.7 Å². The number of halogens is 1. The molecular formula is C20H22FNO3. The van der Waals surface area contributed by atoms with E-state index in [0.29, 0.717) is 6.54 Å². The summed E-state index contributed by atoms with van der Waals surface area (Å²) in [6.45, 7) is 3.96. The topological polar surface area (TPSA) is 55.4 Å². The Bertz CT molecular complexity index is 718. The van der Waals surface area contributed by atoms with Crippen LogP contribution in [0.1, 0.15) is 42.1 Å². The zero-order valence-corrected chi connectivity index (χ0v) is 14.4. The average molecular weight is 343 g/mol. The lowest BCUT2D eigenvalue weighted by Crippen LogP contribution is -2.38. The Kier molecular flexibility index (Phi) is 6.69. The van der Waals surface area contributed by atoms with Crippen molar-refractivity contribution in [3.05, 3.63) is 71.5 Å². The zero-order valence-electron chi connectivity index (χ0n) is 14.4. The third kappa shape index (κ3) is 5.14. The molecule has 0 aromatic heterocycles. The van der Waals surface area contributed by atoms with Crippen LogP contribution >= 0.6 is 0 Å². The van der Waals surface area contributed by atoms with E-state index in [4.69, 9.17) is 4.74 Å². The maximum atomic E-state index is 13.6. The minimum atomic E-state index is -1.000. The molecule has 2 aromatic carbocycles. The molecule has 132 valence electrons. The molecule has 0 spiro atoms. The first kappa shape index (κ1) is 18.6. The molecule has 1 N–H and O–H groups in total. The summed E-state index contributed by atoms with van der Waals surface area (Å²) in [5.41, 5.74) is 0.958. The summed E-state index contributed by atoms with van der Waals surface area (Å²) in [7, 11) is 0. The van der Waals surface area contributed by atoms with Crippen molar-refractivity contribution in [3.63, 3.8) is 0 Å². The molecule has 0 aliphatic carbocycles. The van der Waals surface area contributed by atoms with E-state index in [1.807, 2.05) is 37.3 Å². The van der Waals surface area contributed by atoms with E-state index in [0.717, 1.165) is 12.0 Å². The van der Waals surface area contributed by atoms with Crippen LogP contribution in [0.4, 0.5) is 4.39 Å². The third-order valence-electron chi connectivity index (χ3n) is 4.03. The summed E-state index contributed by atoms with van der Waals surface area (Å²) in [5, 5.41) is 2.79. The number of hydrogen-bond donors (Lipinski definition) is 1. The molecule has 0 fully saturated rings. The van der Waals surface area contributed by atoms with E-state index in [2.05, 4.69) is 5.32 Å². The number of esters is 1. The van der Waals surface area contributed by atoms with Gasteiger partial charge in [-0.3, -0.25) is 4.79 Å². The number of carbonyl (C=O) groups is 2. The lowest BCUT2D eigenvalue weighted by atomic mass is 9.96. The molecule has 5 heteroatoms. The summed E-state index contributed by atoms with van der Waals surface area (Å²) in [4.78, 5) is 24.1. The van der Waals surface area contributed by atoms with E-state index in [1.54, 1.807) is 0 Å². The zero-order chi connectivity index (χ0) is 18.2. The minimum absolute atomic E-state index is 0.180. The smallest absolute Gasteiger partial charge is 0.341 e. The second-order valence-corrected chi connectivity index (χ2v) is 5.79. The molecule has 0 heterocycles. The fourth-order valence-corrected chi connectivity index (χ4v) is 2.49. The van der Waals surface area contributed by atoms with E-state index < -0.39 is 23.8 Å². The Hall–Kier alpha value is -2.69. The van der Waals surface area contributed by atoms with Crippen LogP contribution in [0.15, 0.2) is 54.6 Å². The van der Waals surface area contributed by atoms with Crippen molar-refractivity contribution >= 4 is 11.9 Å². The molecule has 0 radical (unpaired) electrons. The highest BCUT2D eigenvalue weighted by Crippen LogP contribution is 2.18. The van der Waals surface area contributed by atoms with Crippen LogP contribution in [0.5, 0.6) is 0 Å². The van der Waals surface area contributed by atoms with Crippen molar-refractivity contribution in [1.82, 2.24) is 5.32 Å². The van der Waals surface area contributed by atoms with E-state index in [9.17, 15) is 14.0 Å². The maximum Gasteiger partial charge on any atom is 0.341 e. The molecule has 0 unspecified atom stereocenters. The molecule has 2 atom stereocenters. The highest BCUT2D eigenvalue weighted by molar-refractivity contribution is 5.92. The second-order valence-electron chi connectivity index (χ2n) is 5.79. The molecule has 0 aliphatic heterocycles. The standard InChI is InChI=1S/C20H22FNO3/c1-3-15(16-9-5-4-6-10-16)13-22-19(23)14(2)25-20(24)17-11-7-8-12-18(17)21/h4-12,14-15H,3,13H2,1-2H3,(H,22,23)/t14-,15-/m0/s1. The SMILES string of the molecule is CC[C@@H](CNC(=O)[C@H](C)OC(=O)c1ccccc1F)c1ccccc1. The molecule has 4 nitrogen and oxygen atoms in total. The normalized spacial score (nSPS) is 12.9. The second kappa shape index (κ2) is 8.97. The highest BCUT2D eigenvalue weighted by Gasteiger charge is 2.21. The molecule has 1 amide bonds. The number of ether oxygens (including phenoxy) is 1. The fourth-order valence-electron chi connectivity index (χ4n) is 2.49. The molecule has 0 bridgehead atoms. The Balaban J connectivity index is 1.90. The van der Waals surface area contributed by atoms with Crippen molar-refractivity contribution in [2.24, 2.45) is 0 Å². The largest absolute Gasteiger partial charge is 0.449 e. The van der Waals surface area contributed by atoms with Crippen LogP contribution in [0.2, 0.25) is 0 Å². The first-order valence-electron chi connectivity index (χ1n) is 8.31. The van der Waals surface area contributed by atoms with E-state index in [-0.39, 0.29) is 11.5 Å².